The van der Waals surface area contributed by atoms with Crippen LogP contribution in [0.1, 0.15) is 30.3 Å². The number of thiazole rings is 1. The van der Waals surface area contributed by atoms with Crippen LogP contribution in [0.15, 0.2) is 4.79 Å². The molecule has 0 bridgehead atoms. The maximum Gasteiger partial charge on any atom is 0.308 e. The summed E-state index contributed by atoms with van der Waals surface area (Å²) in [6, 6.07) is 0.113. The molecule has 1 aliphatic rings. The molecular weight excluding hydrogens is 310 g/mol. The zero-order valence-electron chi connectivity index (χ0n) is 12.8. The molecule has 5 nitrogen and oxygen atoms in total. The maximum absolute atomic E-state index is 12.5. The summed E-state index contributed by atoms with van der Waals surface area (Å²) in [4.78, 5) is 27.1. The first-order chi connectivity index (χ1) is 9.43. The van der Waals surface area contributed by atoms with Gasteiger partial charge < -0.3 is 10.6 Å². The summed E-state index contributed by atoms with van der Waals surface area (Å²) >= 11 is 1.20. The van der Waals surface area contributed by atoms with Gasteiger partial charge in [-0.3, -0.25) is 14.2 Å². The molecule has 1 fully saturated rings. The molecular formula is C14H24ClN3O2S. The highest BCUT2D eigenvalue weighted by Gasteiger charge is 2.29. The molecule has 120 valence electrons. The van der Waals surface area contributed by atoms with Gasteiger partial charge in [0, 0.05) is 29.7 Å². The number of rotatable bonds is 3. The highest BCUT2D eigenvalue weighted by atomic mass is 35.5. The minimum atomic E-state index is -0.0528. The largest absolute Gasteiger partial charge is 0.337 e. The van der Waals surface area contributed by atoms with E-state index in [1.807, 2.05) is 18.7 Å². The number of nitrogens with two attached hydrogens (primary N) is 1. The number of hydrogen-bond acceptors (Lipinski definition) is 4. The van der Waals surface area contributed by atoms with E-state index in [9.17, 15) is 9.59 Å². The Morgan fingerprint density at radius 1 is 1.43 bits per heavy atom. The number of amides is 1. The molecule has 0 saturated carbocycles. The zero-order chi connectivity index (χ0) is 14.9. The SMILES string of the molecule is Cc1sc(=O)n(CC(=O)N2CCC(C)CC2CN)c1C.Cl. The quantitative estimate of drug-likeness (QED) is 0.912. The van der Waals surface area contributed by atoms with Gasteiger partial charge in [0.1, 0.15) is 6.54 Å². The fraction of sp³-hybridized carbons (Fsp3) is 0.714. The lowest BCUT2D eigenvalue weighted by atomic mass is 9.92. The van der Waals surface area contributed by atoms with E-state index in [0.29, 0.717) is 12.5 Å². The van der Waals surface area contributed by atoms with Crippen molar-refractivity contribution in [1.82, 2.24) is 9.47 Å². The smallest absolute Gasteiger partial charge is 0.308 e. The fourth-order valence-corrected chi connectivity index (χ4v) is 3.63. The second-order valence-corrected chi connectivity index (χ2v) is 6.87. The van der Waals surface area contributed by atoms with Crippen LogP contribution in [0.2, 0.25) is 0 Å². The third-order valence-corrected chi connectivity index (χ3v) is 5.24. The minimum absolute atomic E-state index is 0. The lowest BCUT2D eigenvalue weighted by molar-refractivity contribution is -0.136. The van der Waals surface area contributed by atoms with Gasteiger partial charge in [0.25, 0.3) is 0 Å². The summed E-state index contributed by atoms with van der Waals surface area (Å²) in [5, 5.41) is 0. The van der Waals surface area contributed by atoms with Crippen LogP contribution in [0.5, 0.6) is 0 Å². The Kier molecular flexibility index (Phi) is 6.43. The van der Waals surface area contributed by atoms with Crippen molar-refractivity contribution in [2.24, 2.45) is 11.7 Å². The predicted octanol–water partition coefficient (Wildman–Crippen LogP) is 1.53. The van der Waals surface area contributed by atoms with E-state index in [0.717, 1.165) is 30.0 Å². The van der Waals surface area contributed by atoms with Crippen LogP contribution in [-0.4, -0.2) is 34.5 Å². The summed E-state index contributed by atoms with van der Waals surface area (Å²) in [6.45, 7) is 7.37. The van der Waals surface area contributed by atoms with Crippen LogP contribution >= 0.6 is 23.7 Å². The van der Waals surface area contributed by atoms with E-state index in [1.165, 1.54) is 11.3 Å². The topological polar surface area (TPSA) is 68.3 Å². The van der Waals surface area contributed by atoms with E-state index in [2.05, 4.69) is 6.92 Å². The van der Waals surface area contributed by atoms with E-state index in [-0.39, 0.29) is 35.8 Å². The Labute approximate surface area is 135 Å². The van der Waals surface area contributed by atoms with Crippen molar-refractivity contribution < 1.29 is 4.79 Å². The normalized spacial score (nSPS) is 22.0. The first kappa shape index (κ1) is 18.2. The number of hydrogen-bond donors (Lipinski definition) is 1. The molecule has 2 heterocycles. The standard InChI is InChI=1S/C14H23N3O2S.ClH/c1-9-4-5-16(12(6-9)7-15)13(18)8-17-10(2)11(3)20-14(17)19;/h9,12H,4-8,15H2,1-3H3;1H. The number of carbonyl (C=O) groups is 1. The fourth-order valence-electron chi connectivity index (χ4n) is 2.80. The van der Waals surface area contributed by atoms with Crippen LogP contribution in [-0.2, 0) is 11.3 Å². The maximum atomic E-state index is 12.5. The van der Waals surface area contributed by atoms with Gasteiger partial charge in [-0.25, -0.2) is 0 Å². The van der Waals surface area contributed by atoms with Crippen LogP contribution in [0, 0.1) is 19.8 Å². The highest BCUT2D eigenvalue weighted by molar-refractivity contribution is 7.09. The number of carbonyl (C=O) groups excluding carboxylic acids is 1. The second-order valence-electron chi connectivity index (χ2n) is 5.70. The first-order valence-electron chi connectivity index (χ1n) is 7.10. The summed E-state index contributed by atoms with van der Waals surface area (Å²) in [5.74, 6) is 0.621. The van der Waals surface area contributed by atoms with Crippen molar-refractivity contribution in [2.75, 3.05) is 13.1 Å². The molecule has 1 aromatic heterocycles. The molecule has 2 atom stereocenters. The molecule has 1 saturated heterocycles. The van der Waals surface area contributed by atoms with Gasteiger partial charge in [-0.2, -0.15) is 0 Å². The van der Waals surface area contributed by atoms with Crippen LogP contribution in [0.4, 0.5) is 0 Å². The van der Waals surface area contributed by atoms with Crippen LogP contribution in [0.3, 0.4) is 0 Å². The van der Waals surface area contributed by atoms with Gasteiger partial charge in [-0.05, 0) is 32.6 Å². The van der Waals surface area contributed by atoms with Crippen LogP contribution in [0.25, 0.3) is 0 Å². The number of aromatic nitrogens is 1. The molecule has 21 heavy (non-hydrogen) atoms. The molecule has 0 aromatic carbocycles. The van der Waals surface area contributed by atoms with Crippen LogP contribution < -0.4 is 10.6 Å². The van der Waals surface area contributed by atoms with E-state index in [1.54, 1.807) is 4.57 Å². The molecule has 1 aromatic rings. The van der Waals surface area contributed by atoms with Crippen molar-refractivity contribution in [3.8, 4) is 0 Å². The van der Waals surface area contributed by atoms with Gasteiger partial charge in [0.15, 0.2) is 0 Å². The van der Waals surface area contributed by atoms with E-state index >= 15 is 0 Å². The zero-order valence-corrected chi connectivity index (χ0v) is 14.4. The van der Waals surface area contributed by atoms with E-state index in [4.69, 9.17) is 5.73 Å². The number of aryl methyl sites for hydroxylation is 1. The Bertz CT molecular complexity index is 555. The molecule has 0 spiro atoms. The molecule has 7 heteroatoms. The highest BCUT2D eigenvalue weighted by Crippen LogP contribution is 2.22. The molecule has 0 radical (unpaired) electrons. The summed E-state index contributed by atoms with van der Waals surface area (Å²) < 4.78 is 1.58. The van der Waals surface area contributed by atoms with Gasteiger partial charge in [-0.1, -0.05) is 18.3 Å². The van der Waals surface area contributed by atoms with Crippen molar-refractivity contribution in [2.45, 2.75) is 46.2 Å². The monoisotopic (exact) mass is 333 g/mol. The number of nitrogens with zero attached hydrogens (tertiary/aromatic N) is 2. The average molecular weight is 334 g/mol. The first-order valence-corrected chi connectivity index (χ1v) is 7.92. The molecule has 2 rings (SSSR count). The second kappa shape index (κ2) is 7.42. The molecule has 2 N–H and O–H groups in total. The molecule has 1 amide bonds. The van der Waals surface area contributed by atoms with Gasteiger partial charge in [0.05, 0.1) is 0 Å². The number of halogens is 1. The third-order valence-electron chi connectivity index (χ3n) is 4.24. The molecule has 2 unspecified atom stereocenters. The van der Waals surface area contributed by atoms with Gasteiger partial charge >= 0.3 is 4.87 Å². The van der Waals surface area contributed by atoms with Crippen molar-refractivity contribution in [1.29, 1.82) is 0 Å². The van der Waals surface area contributed by atoms with Crippen molar-refractivity contribution in [3.05, 3.63) is 20.2 Å². The summed E-state index contributed by atoms with van der Waals surface area (Å²) in [6.07, 6.45) is 1.97. The predicted molar refractivity (Wildman–Crippen MR) is 88.3 cm³/mol. The Morgan fingerprint density at radius 3 is 2.62 bits per heavy atom. The minimum Gasteiger partial charge on any atom is -0.337 e. The summed E-state index contributed by atoms with van der Waals surface area (Å²) in [5.41, 5.74) is 6.68. The van der Waals surface area contributed by atoms with E-state index < -0.39 is 0 Å². The number of piperidine rings is 1. The number of likely N-dealkylation sites (tertiary alicyclic amines) is 1. The molecule has 1 aliphatic heterocycles. The Balaban J connectivity index is 0.00000220. The Hall–Kier alpha value is -0.850. The average Bonchev–Trinajstić information content (AvgIpc) is 2.65. The van der Waals surface area contributed by atoms with Crippen molar-refractivity contribution >= 4 is 29.7 Å². The lowest BCUT2D eigenvalue weighted by Gasteiger charge is -2.38. The summed E-state index contributed by atoms with van der Waals surface area (Å²) in [7, 11) is 0. The Morgan fingerprint density at radius 2 is 2.10 bits per heavy atom. The molecule has 0 aliphatic carbocycles. The van der Waals surface area contributed by atoms with Gasteiger partial charge in [-0.15, -0.1) is 12.4 Å². The third kappa shape index (κ3) is 3.87. The van der Waals surface area contributed by atoms with Crippen molar-refractivity contribution in [3.63, 3.8) is 0 Å². The lowest BCUT2D eigenvalue weighted by Crippen LogP contribution is -2.50. The van der Waals surface area contributed by atoms with Gasteiger partial charge in [0.2, 0.25) is 5.91 Å².